The second kappa shape index (κ2) is 8.82. The lowest BCUT2D eigenvalue weighted by Gasteiger charge is -2.46. The Morgan fingerprint density at radius 1 is 1.09 bits per heavy atom. The van der Waals surface area contributed by atoms with E-state index in [9.17, 15) is 9.59 Å². The van der Waals surface area contributed by atoms with Crippen molar-refractivity contribution >= 4 is 23.7 Å². The van der Waals surface area contributed by atoms with Gasteiger partial charge >= 0.3 is 6.03 Å². The van der Waals surface area contributed by atoms with Crippen LogP contribution in [0.1, 0.15) is 37.3 Å². The lowest BCUT2D eigenvalue weighted by atomic mass is 9.81. The first-order valence-corrected chi connectivity index (χ1v) is 12.0. The minimum absolute atomic E-state index is 0.118. The van der Waals surface area contributed by atoms with Crippen molar-refractivity contribution in [2.24, 2.45) is 5.92 Å². The van der Waals surface area contributed by atoms with E-state index >= 15 is 0 Å². The zero-order valence-electron chi connectivity index (χ0n) is 17.8. The van der Waals surface area contributed by atoms with Crippen molar-refractivity contribution in [1.82, 2.24) is 19.9 Å². The van der Waals surface area contributed by atoms with Gasteiger partial charge in [0.05, 0.1) is 18.7 Å². The van der Waals surface area contributed by atoms with Crippen LogP contribution in [0.15, 0.2) is 56.5 Å². The molecule has 0 radical (unpaired) electrons. The van der Waals surface area contributed by atoms with Gasteiger partial charge in [0.1, 0.15) is 12.3 Å². The van der Waals surface area contributed by atoms with Crippen LogP contribution in [0, 0.1) is 5.92 Å². The average Bonchev–Trinajstić information content (AvgIpc) is 3.52. The molecule has 1 saturated carbocycles. The summed E-state index contributed by atoms with van der Waals surface area (Å²) in [6.45, 7) is 0.305. The zero-order chi connectivity index (χ0) is 22.1. The number of benzene rings is 1. The van der Waals surface area contributed by atoms with Crippen LogP contribution < -0.4 is 0 Å². The van der Waals surface area contributed by atoms with Gasteiger partial charge in [0.25, 0.3) is 0 Å². The molecule has 3 aromatic rings. The first-order chi connectivity index (χ1) is 15.6. The van der Waals surface area contributed by atoms with Gasteiger partial charge in [-0.15, -0.1) is 11.8 Å². The Hall–Kier alpha value is -3.07. The van der Waals surface area contributed by atoms with Crippen molar-refractivity contribution in [3.05, 3.63) is 54.3 Å². The number of amides is 3. The van der Waals surface area contributed by atoms with Gasteiger partial charge in [-0.25, -0.2) is 4.79 Å². The first-order valence-electron chi connectivity index (χ1n) is 10.8. The number of hydrogen-bond donors (Lipinski definition) is 0. The molecule has 3 amide bonds. The van der Waals surface area contributed by atoms with Crippen molar-refractivity contribution in [2.45, 2.75) is 49.7 Å². The van der Waals surface area contributed by atoms with Crippen LogP contribution in [0.25, 0.3) is 11.4 Å². The molecule has 2 unspecified atom stereocenters. The average molecular weight is 453 g/mol. The highest BCUT2D eigenvalue weighted by atomic mass is 32.2. The van der Waals surface area contributed by atoms with Gasteiger partial charge in [-0.3, -0.25) is 9.69 Å². The second-order valence-electron chi connectivity index (χ2n) is 8.11. The van der Waals surface area contributed by atoms with E-state index in [1.165, 1.54) is 4.90 Å². The third-order valence-corrected chi connectivity index (χ3v) is 6.95. The van der Waals surface area contributed by atoms with Crippen molar-refractivity contribution in [3.63, 3.8) is 0 Å². The molecule has 2 atom stereocenters. The molecule has 1 saturated heterocycles. The summed E-state index contributed by atoms with van der Waals surface area (Å²) in [6.07, 6.45) is 7.12. The van der Waals surface area contributed by atoms with Crippen LogP contribution in [-0.2, 0) is 17.9 Å². The summed E-state index contributed by atoms with van der Waals surface area (Å²) in [5, 5.41) is 4.10. The van der Waals surface area contributed by atoms with E-state index in [4.69, 9.17) is 8.94 Å². The second-order valence-corrected chi connectivity index (χ2v) is 8.99. The normalized spacial score (nSPS) is 21.2. The Morgan fingerprint density at radius 3 is 2.66 bits per heavy atom. The van der Waals surface area contributed by atoms with Crippen LogP contribution in [0.4, 0.5) is 4.79 Å². The van der Waals surface area contributed by atoms with Crippen molar-refractivity contribution in [2.75, 3.05) is 6.26 Å². The predicted molar refractivity (Wildman–Crippen MR) is 117 cm³/mol. The fourth-order valence-corrected chi connectivity index (χ4v) is 4.98. The molecule has 0 spiro atoms. The maximum atomic E-state index is 13.4. The Labute approximate surface area is 189 Å². The van der Waals surface area contributed by atoms with E-state index in [2.05, 4.69) is 10.1 Å². The minimum atomic E-state index is -0.335. The van der Waals surface area contributed by atoms with Gasteiger partial charge < -0.3 is 13.8 Å². The molecule has 166 valence electrons. The van der Waals surface area contributed by atoms with E-state index < -0.39 is 0 Å². The number of urea groups is 1. The standard InChI is InChI=1S/C23H24N4O4S/c1-32-17-10-8-15(9-11-17)21-24-20(31-25-21)14-26-19-7-3-2-6-18(19)22(28)27(23(26)29)13-16-5-4-12-30-16/h4-5,8-12,18-19H,2-3,6-7,13-14H2,1H3. The molecule has 32 heavy (non-hydrogen) atoms. The van der Waals surface area contributed by atoms with Crippen molar-refractivity contribution in [3.8, 4) is 11.4 Å². The van der Waals surface area contributed by atoms with Crippen LogP contribution in [0.2, 0.25) is 0 Å². The third-order valence-electron chi connectivity index (χ3n) is 6.21. The maximum Gasteiger partial charge on any atom is 0.327 e. The molecule has 3 heterocycles. The van der Waals surface area contributed by atoms with E-state index in [1.807, 2.05) is 30.5 Å². The largest absolute Gasteiger partial charge is 0.467 e. The topological polar surface area (TPSA) is 92.7 Å². The van der Waals surface area contributed by atoms with Crippen molar-refractivity contribution in [1.29, 1.82) is 0 Å². The highest BCUT2D eigenvalue weighted by molar-refractivity contribution is 7.98. The maximum absolute atomic E-state index is 13.4. The predicted octanol–water partition coefficient (Wildman–Crippen LogP) is 4.57. The fraction of sp³-hybridized carbons (Fsp3) is 0.391. The molecular weight excluding hydrogens is 428 g/mol. The number of fused-ring (bicyclic) bond motifs is 1. The molecule has 1 aliphatic heterocycles. The fourth-order valence-electron chi connectivity index (χ4n) is 4.57. The summed E-state index contributed by atoms with van der Waals surface area (Å²) in [4.78, 5) is 35.2. The highest BCUT2D eigenvalue weighted by Gasteiger charge is 2.47. The van der Waals surface area contributed by atoms with Gasteiger partial charge in [0, 0.05) is 16.5 Å². The van der Waals surface area contributed by atoms with Gasteiger partial charge in [-0.1, -0.05) is 18.0 Å². The number of nitrogens with zero attached hydrogens (tertiary/aromatic N) is 4. The summed E-state index contributed by atoms with van der Waals surface area (Å²) in [7, 11) is 0. The summed E-state index contributed by atoms with van der Waals surface area (Å²) in [5.41, 5.74) is 0.855. The van der Waals surface area contributed by atoms with Crippen LogP contribution in [0.3, 0.4) is 0 Å². The van der Waals surface area contributed by atoms with E-state index in [-0.39, 0.29) is 37.0 Å². The Kier molecular flexibility index (Phi) is 5.73. The number of aromatic nitrogens is 2. The lowest BCUT2D eigenvalue weighted by Crippen LogP contribution is -2.61. The zero-order valence-corrected chi connectivity index (χ0v) is 18.6. The van der Waals surface area contributed by atoms with Crippen LogP contribution in [-0.4, -0.2) is 44.2 Å². The molecule has 8 nitrogen and oxygen atoms in total. The molecule has 2 aliphatic rings. The van der Waals surface area contributed by atoms with Gasteiger partial charge in [0.2, 0.25) is 17.6 Å². The number of thioether (sulfide) groups is 1. The van der Waals surface area contributed by atoms with E-state index in [0.717, 1.165) is 36.1 Å². The molecule has 1 aliphatic carbocycles. The summed E-state index contributed by atoms with van der Waals surface area (Å²) >= 11 is 1.67. The molecular formula is C23H24N4O4S. The number of carbonyl (C=O) groups is 2. The molecule has 0 bridgehead atoms. The summed E-state index contributed by atoms with van der Waals surface area (Å²) < 4.78 is 10.9. The molecule has 2 fully saturated rings. The lowest BCUT2D eigenvalue weighted by molar-refractivity contribution is -0.141. The number of carbonyl (C=O) groups excluding carboxylic acids is 2. The number of furan rings is 1. The molecule has 0 N–H and O–H groups in total. The molecule has 2 aromatic heterocycles. The van der Waals surface area contributed by atoms with Gasteiger partial charge in [-0.2, -0.15) is 4.98 Å². The quantitative estimate of drug-likeness (QED) is 0.506. The highest BCUT2D eigenvalue weighted by Crippen LogP contribution is 2.36. The number of rotatable bonds is 6. The smallest absolute Gasteiger partial charge is 0.327 e. The van der Waals surface area contributed by atoms with E-state index in [0.29, 0.717) is 17.5 Å². The Bertz CT molecular complexity index is 1100. The summed E-state index contributed by atoms with van der Waals surface area (Å²) in [5.74, 6) is 1.10. The summed E-state index contributed by atoms with van der Waals surface area (Å²) in [6, 6.07) is 11.0. The SMILES string of the molecule is CSc1ccc(-c2noc(CN3C(=O)N(Cc4ccco4)C(=O)C4CCCCC43)n2)cc1. The third kappa shape index (κ3) is 3.92. The first kappa shape index (κ1) is 20.8. The molecule has 1 aromatic carbocycles. The van der Waals surface area contributed by atoms with Gasteiger partial charge in [0.15, 0.2) is 0 Å². The van der Waals surface area contributed by atoms with Crippen molar-refractivity contribution < 1.29 is 18.5 Å². The monoisotopic (exact) mass is 452 g/mol. The van der Waals surface area contributed by atoms with Crippen LogP contribution >= 0.6 is 11.8 Å². The Morgan fingerprint density at radius 2 is 1.91 bits per heavy atom. The van der Waals surface area contributed by atoms with E-state index in [1.54, 1.807) is 35.1 Å². The number of imide groups is 1. The number of hydrogen-bond acceptors (Lipinski definition) is 7. The van der Waals surface area contributed by atoms with Crippen LogP contribution in [0.5, 0.6) is 0 Å². The Balaban J connectivity index is 1.39. The molecule has 9 heteroatoms. The minimum Gasteiger partial charge on any atom is -0.467 e. The molecule has 5 rings (SSSR count). The van der Waals surface area contributed by atoms with Gasteiger partial charge in [-0.05, 0) is 55.5 Å².